The molecule has 0 radical (unpaired) electrons. The van der Waals surface area contributed by atoms with Crippen LogP contribution in [0.15, 0.2) is 77.7 Å². The molecule has 1 N–H and O–H groups in total. The number of H-pyrrole nitrogens is 1. The molecule has 1 aromatic heterocycles. The topological polar surface area (TPSA) is 101 Å². The van der Waals surface area contributed by atoms with E-state index in [0.717, 1.165) is 16.7 Å². The molecular formula is C22H20ClN5O3S. The molecule has 0 atom stereocenters. The van der Waals surface area contributed by atoms with Crippen LogP contribution in [0.25, 0.3) is 11.4 Å². The number of hydrogen-bond donors (Lipinski definition) is 1. The molecule has 32 heavy (non-hydrogen) atoms. The van der Waals surface area contributed by atoms with Crippen LogP contribution >= 0.6 is 11.6 Å². The maximum Gasteiger partial charge on any atom is 0.243 e. The average Bonchev–Trinajstić information content (AvgIpc) is 3.34. The van der Waals surface area contributed by atoms with Crippen molar-refractivity contribution in [3.8, 4) is 17.1 Å². The molecule has 0 aliphatic rings. The zero-order valence-corrected chi connectivity index (χ0v) is 18.7. The van der Waals surface area contributed by atoms with Crippen molar-refractivity contribution in [2.45, 2.75) is 18.0 Å². The molecule has 0 bridgehead atoms. The molecule has 0 spiro atoms. The molecule has 0 saturated heterocycles. The quantitative estimate of drug-likeness (QED) is 0.419. The Labute approximate surface area is 190 Å². The number of aromatic nitrogens is 4. The molecule has 8 nitrogen and oxygen atoms in total. The summed E-state index contributed by atoms with van der Waals surface area (Å²) in [7, 11) is -2.22. The smallest absolute Gasteiger partial charge is 0.243 e. The van der Waals surface area contributed by atoms with Crippen LogP contribution in [0.1, 0.15) is 11.1 Å². The number of ether oxygens (including phenoxy) is 1. The van der Waals surface area contributed by atoms with Crippen molar-refractivity contribution in [1.82, 2.24) is 24.9 Å². The zero-order valence-electron chi connectivity index (χ0n) is 17.1. The highest BCUT2D eigenvalue weighted by Gasteiger charge is 2.25. The molecule has 0 fully saturated rings. The molecule has 0 saturated carbocycles. The van der Waals surface area contributed by atoms with Gasteiger partial charge in [-0.1, -0.05) is 48.0 Å². The third kappa shape index (κ3) is 4.96. The Kier molecular flexibility index (Phi) is 6.50. The molecule has 3 aromatic carbocycles. The number of nitrogens with one attached hydrogen (secondary N) is 1. The van der Waals surface area contributed by atoms with E-state index in [0.29, 0.717) is 16.6 Å². The summed E-state index contributed by atoms with van der Waals surface area (Å²) in [6, 6.07) is 20.9. The third-order valence-electron chi connectivity index (χ3n) is 4.88. The molecular weight excluding hydrogens is 450 g/mol. The highest BCUT2D eigenvalue weighted by molar-refractivity contribution is 7.89. The lowest BCUT2D eigenvalue weighted by Crippen LogP contribution is -2.30. The first kappa shape index (κ1) is 21.9. The van der Waals surface area contributed by atoms with Crippen LogP contribution in [0.2, 0.25) is 5.02 Å². The highest BCUT2D eigenvalue weighted by Crippen LogP contribution is 2.25. The summed E-state index contributed by atoms with van der Waals surface area (Å²) in [5.74, 6) is 1.20. The normalized spacial score (nSPS) is 11.6. The predicted octanol–water partition coefficient (Wildman–Crippen LogP) is 3.92. The van der Waals surface area contributed by atoms with Gasteiger partial charge in [0.15, 0.2) is 5.82 Å². The fourth-order valence-electron chi connectivity index (χ4n) is 3.21. The summed E-state index contributed by atoms with van der Waals surface area (Å²) in [5.41, 5.74) is 2.44. The van der Waals surface area contributed by atoms with Gasteiger partial charge in [-0.15, -0.1) is 5.10 Å². The van der Waals surface area contributed by atoms with Crippen LogP contribution in [0.5, 0.6) is 5.75 Å². The van der Waals surface area contributed by atoms with Gasteiger partial charge >= 0.3 is 0 Å². The highest BCUT2D eigenvalue weighted by atomic mass is 35.5. The van der Waals surface area contributed by atoms with Gasteiger partial charge in [0, 0.05) is 23.7 Å². The minimum atomic E-state index is -3.79. The Morgan fingerprint density at radius 2 is 1.69 bits per heavy atom. The largest absolute Gasteiger partial charge is 0.497 e. The van der Waals surface area contributed by atoms with Crippen LogP contribution in [0, 0.1) is 0 Å². The van der Waals surface area contributed by atoms with Crippen molar-refractivity contribution in [2.24, 2.45) is 0 Å². The number of hydrogen-bond acceptors (Lipinski definition) is 6. The second kappa shape index (κ2) is 9.47. The summed E-state index contributed by atoms with van der Waals surface area (Å²) in [6.45, 7) is 0.354. The van der Waals surface area contributed by atoms with Crippen LogP contribution < -0.4 is 4.74 Å². The van der Waals surface area contributed by atoms with Crippen molar-refractivity contribution >= 4 is 21.6 Å². The molecule has 4 aromatic rings. The number of benzene rings is 3. The van der Waals surface area contributed by atoms with E-state index in [2.05, 4.69) is 20.6 Å². The molecule has 10 heteroatoms. The minimum absolute atomic E-state index is 0.175. The Balaban J connectivity index is 1.65. The first-order valence-corrected chi connectivity index (χ1v) is 11.5. The molecule has 0 aliphatic carbocycles. The average molecular weight is 470 g/mol. The summed E-state index contributed by atoms with van der Waals surface area (Å²) in [5, 5.41) is 14.2. The second-order valence-electron chi connectivity index (χ2n) is 7.03. The van der Waals surface area contributed by atoms with E-state index in [9.17, 15) is 8.42 Å². The third-order valence-corrected chi connectivity index (χ3v) is 6.93. The molecule has 4 rings (SSSR count). The van der Waals surface area contributed by atoms with Crippen LogP contribution in [-0.4, -0.2) is 40.5 Å². The number of nitrogens with zero attached hydrogens (tertiary/aromatic N) is 4. The first-order valence-electron chi connectivity index (χ1n) is 9.67. The lowest BCUT2D eigenvalue weighted by atomic mass is 10.1. The number of tetrazole rings is 1. The fraction of sp³-hybridized carbons (Fsp3) is 0.136. The standard InChI is InChI=1S/C22H20ClN5O3S/c1-31-20-4-2-3-17(13-20)15-28(32(29,30)21-11-9-19(23)10-12-21)14-16-5-7-18(8-6-16)22-24-26-27-25-22/h2-13H,14-15H2,1H3,(H,24,25,26,27). The maximum atomic E-state index is 13.5. The van der Waals surface area contributed by atoms with Gasteiger partial charge in [-0.25, -0.2) is 13.5 Å². The Morgan fingerprint density at radius 1 is 0.969 bits per heavy atom. The van der Waals surface area contributed by atoms with Crippen LogP contribution in [-0.2, 0) is 23.1 Å². The molecule has 0 aliphatic heterocycles. The molecule has 164 valence electrons. The Hall–Kier alpha value is -3.27. The molecule has 0 unspecified atom stereocenters. The molecule has 0 amide bonds. The van der Waals surface area contributed by atoms with Crippen molar-refractivity contribution < 1.29 is 13.2 Å². The fourth-order valence-corrected chi connectivity index (χ4v) is 4.75. The van der Waals surface area contributed by atoms with E-state index < -0.39 is 10.0 Å². The van der Waals surface area contributed by atoms with Crippen LogP contribution in [0.3, 0.4) is 0 Å². The number of sulfonamides is 1. The first-order chi connectivity index (χ1) is 15.5. The van der Waals surface area contributed by atoms with Gasteiger partial charge in [-0.2, -0.15) is 4.31 Å². The van der Waals surface area contributed by atoms with E-state index in [4.69, 9.17) is 16.3 Å². The van der Waals surface area contributed by atoms with Crippen molar-refractivity contribution in [1.29, 1.82) is 0 Å². The van der Waals surface area contributed by atoms with E-state index in [-0.39, 0.29) is 18.0 Å². The van der Waals surface area contributed by atoms with Gasteiger partial charge in [-0.05, 0) is 58.0 Å². The summed E-state index contributed by atoms with van der Waals surface area (Å²) in [6.07, 6.45) is 0. The predicted molar refractivity (Wildman–Crippen MR) is 120 cm³/mol. The van der Waals surface area contributed by atoms with Gasteiger partial charge in [-0.3, -0.25) is 0 Å². The second-order valence-corrected chi connectivity index (χ2v) is 9.40. The van der Waals surface area contributed by atoms with Gasteiger partial charge in [0.25, 0.3) is 0 Å². The number of halogens is 1. The Morgan fingerprint density at radius 3 is 2.34 bits per heavy atom. The van der Waals surface area contributed by atoms with Gasteiger partial charge in [0.2, 0.25) is 10.0 Å². The maximum absolute atomic E-state index is 13.5. The van der Waals surface area contributed by atoms with Gasteiger partial charge < -0.3 is 4.74 Å². The minimum Gasteiger partial charge on any atom is -0.497 e. The SMILES string of the molecule is COc1cccc(CN(Cc2ccc(-c3nnn[nH]3)cc2)S(=O)(=O)c2ccc(Cl)cc2)c1. The Bertz CT molecular complexity index is 1280. The number of rotatable bonds is 8. The number of methoxy groups -OCH3 is 1. The molecule has 1 heterocycles. The van der Waals surface area contributed by atoms with E-state index in [1.807, 2.05) is 48.5 Å². The number of aromatic amines is 1. The van der Waals surface area contributed by atoms with Crippen LogP contribution in [0.4, 0.5) is 0 Å². The van der Waals surface area contributed by atoms with E-state index in [1.165, 1.54) is 16.4 Å². The zero-order chi connectivity index (χ0) is 22.6. The monoisotopic (exact) mass is 469 g/mol. The van der Waals surface area contributed by atoms with E-state index >= 15 is 0 Å². The summed E-state index contributed by atoms with van der Waals surface area (Å²) >= 11 is 5.95. The summed E-state index contributed by atoms with van der Waals surface area (Å²) in [4.78, 5) is 0.175. The lowest BCUT2D eigenvalue weighted by Gasteiger charge is -2.23. The van der Waals surface area contributed by atoms with Gasteiger partial charge in [0.05, 0.1) is 12.0 Å². The van der Waals surface area contributed by atoms with Gasteiger partial charge in [0.1, 0.15) is 5.75 Å². The van der Waals surface area contributed by atoms with Crippen molar-refractivity contribution in [3.63, 3.8) is 0 Å². The van der Waals surface area contributed by atoms with E-state index in [1.54, 1.807) is 19.2 Å². The van der Waals surface area contributed by atoms with Crippen molar-refractivity contribution in [2.75, 3.05) is 7.11 Å². The lowest BCUT2D eigenvalue weighted by molar-refractivity contribution is 0.395. The summed E-state index contributed by atoms with van der Waals surface area (Å²) < 4.78 is 33.7. The van der Waals surface area contributed by atoms with Crippen molar-refractivity contribution in [3.05, 3.63) is 88.9 Å².